The number of carbonyl (C=O) groups is 6. The van der Waals surface area contributed by atoms with Crippen molar-refractivity contribution in [3.05, 3.63) is 0 Å². The number of Topliss-reactive ketones (excluding diaryl/α,β-unsaturated/α-hetero) is 4. The molecule has 2 amide bonds. The molecule has 3 saturated heterocycles. The van der Waals surface area contributed by atoms with E-state index >= 15 is 0 Å². The predicted molar refractivity (Wildman–Crippen MR) is 345 cm³/mol. The first-order chi connectivity index (χ1) is 47.6. The summed E-state index contributed by atoms with van der Waals surface area (Å²) >= 11 is 0. The number of nitrogens with one attached hydrogen (secondary N) is 2. The molecule has 3 aliphatic heterocycles. The van der Waals surface area contributed by atoms with E-state index in [1.807, 2.05) is 6.92 Å². The fourth-order valence-electron chi connectivity index (χ4n) is 10.4. The van der Waals surface area contributed by atoms with Crippen LogP contribution in [0.1, 0.15) is 155 Å². The number of phosphoric ester groups is 3. The number of hydrogen-bond donors (Lipinski definition) is 17. The average molecular weight is 1530 g/mol. The van der Waals surface area contributed by atoms with Crippen molar-refractivity contribution < 1.29 is 174 Å². The summed E-state index contributed by atoms with van der Waals surface area (Å²) in [5.41, 5.74) is -0.778. The molecule has 15 unspecified atom stereocenters. The summed E-state index contributed by atoms with van der Waals surface area (Å²) in [6, 6.07) is 0. The number of ether oxygens (including phenoxy) is 9. The number of amides is 2. The maximum absolute atomic E-state index is 12.8. The molecule has 590 valence electrons. The van der Waals surface area contributed by atoms with Crippen molar-refractivity contribution in [1.82, 2.24) is 10.6 Å². The van der Waals surface area contributed by atoms with Gasteiger partial charge in [-0.3, -0.25) is 42.3 Å². The molecule has 0 aliphatic carbocycles. The van der Waals surface area contributed by atoms with Gasteiger partial charge in [0, 0.05) is 103 Å². The minimum absolute atomic E-state index is 0.000472. The second kappa shape index (κ2) is 49.2. The van der Waals surface area contributed by atoms with E-state index < -0.39 is 141 Å². The molecule has 3 heterocycles. The molecular weight excluding hydrogens is 1420 g/mol. The second-order valence-corrected chi connectivity index (χ2v) is 29.2. The molecule has 0 aromatic rings. The zero-order valence-electron chi connectivity index (χ0n) is 56.9. The van der Waals surface area contributed by atoms with E-state index in [-0.39, 0.29) is 159 Å². The normalized spacial score (nSPS) is 26.5. The van der Waals surface area contributed by atoms with Crippen molar-refractivity contribution in [2.45, 2.75) is 247 Å². The van der Waals surface area contributed by atoms with E-state index in [4.69, 9.17) is 72.0 Å². The zero-order valence-corrected chi connectivity index (χ0v) is 59.6. The van der Waals surface area contributed by atoms with Crippen molar-refractivity contribution in [2.24, 2.45) is 5.41 Å². The Kier molecular flexibility index (Phi) is 45.1. The Bertz CT molecular complexity index is 2280. The lowest BCUT2D eigenvalue weighted by Gasteiger charge is -2.40. The quantitative estimate of drug-likeness (QED) is 0.0239. The molecule has 3 rings (SSSR count). The number of phosphoric acid groups is 3. The highest BCUT2D eigenvalue weighted by Gasteiger charge is 2.48. The van der Waals surface area contributed by atoms with E-state index in [0.29, 0.717) is 96.3 Å². The number of ketones is 4. The standard InChI is InChI=1S/C60H109N2O36P3/c1-60(36-87-30-22-41(65)17-6-2-4-15-39(63)19-8-11-27-90-57-54(75)51(72)48(69)43(96-57)33-93-99(78,79)80,37-88-31-23-42(66)18-7-3-5-16-40(64)20-9-12-28-91-58-55(76)52(73)49(70)44(97-58)34-94-100(81,82)83)38-89-32-24-47(68)62-26-14-25-61-46(67)21-10-13-29-92-59-56(77)53(74)50(71)45(98-59)35-95-101(84,85)86/h43-45,48-59,69-77H,2-38H2,1H3,(H,61,67)(H,62,68)(H2,78,79,80)(H2,81,82,83)(H2,84,85,86). The largest absolute Gasteiger partial charge is 0.469 e. The van der Waals surface area contributed by atoms with Crippen molar-refractivity contribution in [2.75, 3.05) is 92.4 Å². The molecule has 17 N–H and O–H groups in total. The molecule has 0 radical (unpaired) electrons. The van der Waals surface area contributed by atoms with Gasteiger partial charge in [-0.1, -0.05) is 19.8 Å². The molecule has 0 bridgehead atoms. The van der Waals surface area contributed by atoms with E-state index in [9.17, 15) is 88.4 Å². The van der Waals surface area contributed by atoms with Gasteiger partial charge in [0.25, 0.3) is 0 Å². The molecule has 0 aromatic carbocycles. The van der Waals surface area contributed by atoms with Crippen LogP contribution in [0.25, 0.3) is 0 Å². The highest BCUT2D eigenvalue weighted by molar-refractivity contribution is 7.46. The Hall–Kier alpha value is -2.77. The second-order valence-electron chi connectivity index (χ2n) is 25.4. The number of aliphatic hydroxyl groups excluding tert-OH is 9. The Morgan fingerprint density at radius 3 is 0.911 bits per heavy atom. The first-order valence-electron chi connectivity index (χ1n) is 34.0. The molecule has 38 nitrogen and oxygen atoms in total. The summed E-state index contributed by atoms with van der Waals surface area (Å²) in [7, 11) is -14.7. The molecular formula is C60H109N2O36P3. The smallest absolute Gasteiger partial charge is 0.387 e. The zero-order chi connectivity index (χ0) is 75.2. The molecule has 41 heteroatoms. The summed E-state index contributed by atoms with van der Waals surface area (Å²) in [5.74, 6) is -0.666. The van der Waals surface area contributed by atoms with Crippen LogP contribution in [-0.2, 0) is 98.7 Å². The topological polar surface area (TPSA) is 592 Å². The summed E-state index contributed by atoms with van der Waals surface area (Å²) in [6.45, 7) is 0.469. The minimum Gasteiger partial charge on any atom is -0.387 e. The predicted octanol–water partition coefficient (Wildman–Crippen LogP) is -1.68. The van der Waals surface area contributed by atoms with Gasteiger partial charge in [0.2, 0.25) is 11.8 Å². The van der Waals surface area contributed by atoms with Crippen LogP contribution < -0.4 is 10.6 Å². The average Bonchev–Trinajstić information content (AvgIpc) is 0.830. The first kappa shape index (κ1) is 92.4. The first-order valence-corrected chi connectivity index (χ1v) is 38.5. The van der Waals surface area contributed by atoms with Crippen molar-refractivity contribution in [1.29, 1.82) is 0 Å². The van der Waals surface area contributed by atoms with Crippen molar-refractivity contribution >= 4 is 58.4 Å². The van der Waals surface area contributed by atoms with Crippen LogP contribution in [-0.4, -0.2) is 295 Å². The van der Waals surface area contributed by atoms with Gasteiger partial charge in [0.05, 0.1) is 59.5 Å². The van der Waals surface area contributed by atoms with E-state index in [0.717, 1.165) is 0 Å². The van der Waals surface area contributed by atoms with Crippen molar-refractivity contribution in [3.8, 4) is 0 Å². The van der Waals surface area contributed by atoms with Gasteiger partial charge in [-0.25, -0.2) is 13.7 Å². The fraction of sp³-hybridized carbons (Fsp3) is 0.900. The number of unbranched alkanes of at least 4 members (excludes halogenated alkanes) is 7. The SMILES string of the molecule is CC(COCCC(=O)CCCCCC(=O)CCCCOC1OC(COP(=O)(O)O)C(O)C(O)C1O)(COCCC(=O)CCCCCC(=O)CCCCOC1OC(COP(=O)(O)O)C(O)C(O)C1O)COCCC(=O)NCCCNC(=O)CCCCOC1OC(COP(=O)(O)O)C(O)C(O)C1O. The summed E-state index contributed by atoms with van der Waals surface area (Å²) < 4.78 is 96.4. The maximum Gasteiger partial charge on any atom is 0.469 e. The highest BCUT2D eigenvalue weighted by Crippen LogP contribution is 2.39. The minimum atomic E-state index is -4.91. The lowest BCUT2D eigenvalue weighted by atomic mass is 9.94. The van der Waals surface area contributed by atoms with Crippen LogP contribution in [0.3, 0.4) is 0 Å². The third-order valence-electron chi connectivity index (χ3n) is 16.3. The van der Waals surface area contributed by atoms with Gasteiger partial charge >= 0.3 is 23.5 Å². The molecule has 101 heavy (non-hydrogen) atoms. The number of aliphatic hydroxyl groups is 9. The van der Waals surface area contributed by atoms with Gasteiger partial charge in [0.15, 0.2) is 18.9 Å². The summed E-state index contributed by atoms with van der Waals surface area (Å²) in [4.78, 5) is 129. The molecule has 3 aliphatic rings. The number of carbonyl (C=O) groups excluding carboxylic acids is 6. The van der Waals surface area contributed by atoms with E-state index in [1.54, 1.807) is 0 Å². The molecule has 0 saturated carbocycles. The monoisotopic (exact) mass is 1530 g/mol. The third-order valence-corrected chi connectivity index (χ3v) is 17.7. The van der Waals surface area contributed by atoms with Crippen LogP contribution in [0.4, 0.5) is 0 Å². The summed E-state index contributed by atoms with van der Waals surface area (Å²) in [6.07, 6.45) is -15.7. The highest BCUT2D eigenvalue weighted by atomic mass is 31.2. The Balaban J connectivity index is 1.33. The number of rotatable bonds is 58. The maximum atomic E-state index is 12.8. The molecule has 3 fully saturated rings. The Morgan fingerprint density at radius 2 is 0.604 bits per heavy atom. The Morgan fingerprint density at radius 1 is 0.337 bits per heavy atom. The van der Waals surface area contributed by atoms with Crippen LogP contribution >= 0.6 is 23.5 Å². The molecule has 0 spiro atoms. The lowest BCUT2D eigenvalue weighted by Crippen LogP contribution is -2.59. The number of hydrogen-bond acceptors (Lipinski definition) is 30. The van der Waals surface area contributed by atoms with Crippen molar-refractivity contribution in [3.63, 3.8) is 0 Å². The van der Waals surface area contributed by atoms with Crippen LogP contribution in [0.5, 0.6) is 0 Å². The lowest BCUT2D eigenvalue weighted by molar-refractivity contribution is -0.300. The van der Waals surface area contributed by atoms with Gasteiger partial charge in [-0.05, 0) is 70.6 Å². The van der Waals surface area contributed by atoms with E-state index in [2.05, 4.69) is 24.2 Å². The fourth-order valence-corrected chi connectivity index (χ4v) is 11.4. The van der Waals surface area contributed by atoms with Crippen LogP contribution in [0.15, 0.2) is 0 Å². The van der Waals surface area contributed by atoms with E-state index in [1.165, 1.54) is 0 Å². The van der Waals surface area contributed by atoms with Crippen LogP contribution in [0.2, 0.25) is 0 Å². The van der Waals surface area contributed by atoms with Gasteiger partial charge in [-0.2, -0.15) is 0 Å². The van der Waals surface area contributed by atoms with Gasteiger partial charge < -0.3 is 129 Å². The molecule has 15 atom stereocenters. The van der Waals surface area contributed by atoms with Crippen LogP contribution in [0, 0.1) is 5.41 Å². The third kappa shape index (κ3) is 40.7. The van der Waals surface area contributed by atoms with Gasteiger partial charge in [0.1, 0.15) is 96.4 Å². The summed E-state index contributed by atoms with van der Waals surface area (Å²) in [5, 5.41) is 96.8. The Labute approximate surface area is 585 Å². The van der Waals surface area contributed by atoms with Gasteiger partial charge in [-0.15, -0.1) is 0 Å². The molecule has 0 aromatic heterocycles.